The van der Waals surface area contributed by atoms with Crippen LogP contribution in [0.25, 0.3) is 0 Å². The van der Waals surface area contributed by atoms with E-state index in [1.165, 1.54) is 5.56 Å². The number of fused-ring (bicyclic) bond motifs is 1. The molecule has 1 saturated heterocycles. The molecule has 0 N–H and O–H groups in total. The number of barbiturate groups is 1. The number of rotatable bonds is 11. The summed E-state index contributed by atoms with van der Waals surface area (Å²) in [4.78, 5) is 55.4. The molecule has 0 spiro atoms. The Balaban J connectivity index is 2.00. The Morgan fingerprint density at radius 1 is 0.919 bits per heavy atom. The third-order valence-electron chi connectivity index (χ3n) is 6.82. The minimum absolute atomic E-state index is 0.0829. The highest BCUT2D eigenvalue weighted by Crippen LogP contribution is 2.47. The Morgan fingerprint density at radius 2 is 1.51 bits per heavy atom. The lowest BCUT2D eigenvalue weighted by atomic mass is 9.83. The number of anilines is 1. The Hall–Kier alpha value is -3.68. The molecule has 3 rings (SSSR count). The highest BCUT2D eigenvalue weighted by Gasteiger charge is 2.42. The number of amides is 4. The second-order valence-corrected chi connectivity index (χ2v) is 9.70. The number of allylic oxidation sites excluding steroid dienone is 3. The van der Waals surface area contributed by atoms with E-state index in [1.54, 1.807) is 6.08 Å². The van der Waals surface area contributed by atoms with Crippen LogP contribution >= 0.6 is 0 Å². The molecule has 2 heterocycles. The minimum Gasteiger partial charge on any atom is -0.461 e. The van der Waals surface area contributed by atoms with Crippen molar-refractivity contribution in [2.24, 2.45) is 0 Å². The zero-order chi connectivity index (χ0) is 27.2. The van der Waals surface area contributed by atoms with Gasteiger partial charge < -0.3 is 9.64 Å². The van der Waals surface area contributed by atoms with Gasteiger partial charge in [-0.05, 0) is 36.6 Å². The Kier molecular flexibility index (Phi) is 9.08. The van der Waals surface area contributed by atoms with Crippen molar-refractivity contribution in [1.29, 1.82) is 0 Å². The van der Waals surface area contributed by atoms with Crippen LogP contribution in [0.15, 0.2) is 60.3 Å². The number of para-hydroxylation sites is 1. The molecule has 1 aromatic carbocycles. The first-order valence-corrected chi connectivity index (χ1v) is 12.9. The number of unbranched alkanes of at least 4 members (excludes halogenated alkanes) is 2. The molecule has 0 radical (unpaired) electrons. The summed E-state index contributed by atoms with van der Waals surface area (Å²) in [6.45, 7) is 12.4. The third kappa shape index (κ3) is 5.68. The third-order valence-corrected chi connectivity index (χ3v) is 6.82. The summed E-state index contributed by atoms with van der Waals surface area (Å²) in [6.07, 6.45) is 7.82. The molecule has 2 aliphatic rings. The molecule has 1 aromatic rings. The molecule has 4 amide bonds. The molecule has 0 saturated carbocycles. The first-order chi connectivity index (χ1) is 17.7. The molecule has 0 bridgehead atoms. The van der Waals surface area contributed by atoms with E-state index in [4.69, 9.17) is 4.74 Å². The topological polar surface area (TPSA) is 87.2 Å². The number of carbonyl (C=O) groups excluding carboxylic acids is 4. The zero-order valence-electron chi connectivity index (χ0n) is 22.3. The average Bonchev–Trinajstić information content (AvgIpc) is 3.10. The van der Waals surface area contributed by atoms with Crippen molar-refractivity contribution in [3.63, 3.8) is 0 Å². The summed E-state index contributed by atoms with van der Waals surface area (Å²) in [5, 5.41) is 0. The largest absolute Gasteiger partial charge is 0.461 e. The number of hydrogen-bond donors (Lipinski definition) is 0. The SMILES string of the molecule is C=CC(=O)OCCN1C(=O)C(=CC=C2N(CCCC)c3ccccc3C2(C)C)C(=O)N(CCCC)C1=O. The van der Waals surface area contributed by atoms with Gasteiger partial charge in [0, 0.05) is 36.0 Å². The van der Waals surface area contributed by atoms with Gasteiger partial charge in [0.2, 0.25) is 0 Å². The molecule has 2 aliphatic heterocycles. The Bertz CT molecular complexity index is 1130. The van der Waals surface area contributed by atoms with Gasteiger partial charge in [-0.15, -0.1) is 0 Å². The molecule has 0 unspecified atom stereocenters. The normalized spacial score (nSPS) is 19.1. The van der Waals surface area contributed by atoms with Gasteiger partial charge in [0.15, 0.2) is 0 Å². The van der Waals surface area contributed by atoms with Crippen molar-refractivity contribution >= 4 is 29.5 Å². The van der Waals surface area contributed by atoms with E-state index >= 15 is 0 Å². The monoisotopic (exact) mass is 507 g/mol. The predicted octanol–water partition coefficient (Wildman–Crippen LogP) is 4.71. The molecule has 1 fully saturated rings. The molecule has 0 aliphatic carbocycles. The molecule has 8 nitrogen and oxygen atoms in total. The van der Waals surface area contributed by atoms with Crippen molar-refractivity contribution in [3.8, 4) is 0 Å². The quantitative estimate of drug-likeness (QED) is 0.245. The molecule has 8 heteroatoms. The van der Waals surface area contributed by atoms with Crippen molar-refractivity contribution in [2.75, 3.05) is 31.1 Å². The second kappa shape index (κ2) is 12.0. The van der Waals surface area contributed by atoms with Gasteiger partial charge in [-0.2, -0.15) is 0 Å². The van der Waals surface area contributed by atoms with Crippen LogP contribution in [0.4, 0.5) is 10.5 Å². The van der Waals surface area contributed by atoms with Crippen LogP contribution in [0.5, 0.6) is 0 Å². The molecular weight excluding hydrogens is 470 g/mol. The first-order valence-electron chi connectivity index (χ1n) is 12.9. The summed E-state index contributed by atoms with van der Waals surface area (Å²) in [7, 11) is 0. The van der Waals surface area contributed by atoms with E-state index in [0.29, 0.717) is 6.42 Å². The van der Waals surface area contributed by atoms with Gasteiger partial charge in [-0.25, -0.2) is 9.59 Å². The van der Waals surface area contributed by atoms with Crippen molar-refractivity contribution in [1.82, 2.24) is 9.80 Å². The maximum atomic E-state index is 13.3. The zero-order valence-corrected chi connectivity index (χ0v) is 22.3. The number of esters is 1. The molecular formula is C29H37N3O5. The fraction of sp³-hybridized carbons (Fsp3) is 0.448. The van der Waals surface area contributed by atoms with Gasteiger partial charge >= 0.3 is 12.0 Å². The predicted molar refractivity (Wildman–Crippen MR) is 143 cm³/mol. The second-order valence-electron chi connectivity index (χ2n) is 9.70. The van der Waals surface area contributed by atoms with Crippen LogP contribution in [0.1, 0.15) is 58.9 Å². The Morgan fingerprint density at radius 3 is 2.14 bits per heavy atom. The maximum absolute atomic E-state index is 13.3. The number of urea groups is 1. The number of nitrogens with zero attached hydrogens (tertiary/aromatic N) is 3. The number of carbonyl (C=O) groups is 4. The summed E-state index contributed by atoms with van der Waals surface area (Å²) in [6, 6.07) is 7.53. The fourth-order valence-electron chi connectivity index (χ4n) is 4.71. The van der Waals surface area contributed by atoms with Crippen LogP contribution in [0.2, 0.25) is 0 Å². The van der Waals surface area contributed by atoms with Crippen LogP contribution in [0, 0.1) is 0 Å². The molecule has 37 heavy (non-hydrogen) atoms. The van der Waals surface area contributed by atoms with E-state index in [1.807, 2.05) is 25.1 Å². The molecule has 198 valence electrons. The van der Waals surface area contributed by atoms with E-state index < -0.39 is 23.8 Å². The van der Waals surface area contributed by atoms with Crippen LogP contribution in [-0.2, 0) is 24.5 Å². The lowest BCUT2D eigenvalue weighted by Gasteiger charge is -2.34. The van der Waals surface area contributed by atoms with Gasteiger partial charge in [0.25, 0.3) is 11.8 Å². The highest BCUT2D eigenvalue weighted by molar-refractivity contribution is 6.28. The molecule has 0 atom stereocenters. The first kappa shape index (κ1) is 27.9. The maximum Gasteiger partial charge on any atom is 0.334 e. The van der Waals surface area contributed by atoms with E-state index in [0.717, 1.165) is 53.1 Å². The average molecular weight is 508 g/mol. The number of ether oxygens (including phenoxy) is 1. The van der Waals surface area contributed by atoms with Crippen molar-refractivity contribution in [3.05, 3.63) is 65.9 Å². The van der Waals surface area contributed by atoms with Crippen LogP contribution in [-0.4, -0.2) is 59.9 Å². The standard InChI is InChI=1S/C29H37N3O5/c1-6-9-17-30-23-14-12-11-13-22(23)29(4,5)24(30)16-15-21-26(34)31(18-10-7-2)28(36)32(27(21)35)19-20-37-25(33)8-3/h8,11-16H,3,6-7,9-10,17-20H2,1-2,4-5H3. The number of hydrogen-bond acceptors (Lipinski definition) is 6. The van der Waals surface area contributed by atoms with Crippen LogP contribution < -0.4 is 4.90 Å². The van der Waals surface area contributed by atoms with Crippen molar-refractivity contribution < 1.29 is 23.9 Å². The lowest BCUT2D eigenvalue weighted by Crippen LogP contribution is -2.57. The Labute approximate surface area is 219 Å². The van der Waals surface area contributed by atoms with E-state index in [-0.39, 0.29) is 30.7 Å². The van der Waals surface area contributed by atoms with Gasteiger partial charge in [-0.1, -0.05) is 65.3 Å². The van der Waals surface area contributed by atoms with E-state index in [2.05, 4.69) is 44.4 Å². The molecule has 0 aromatic heterocycles. The van der Waals surface area contributed by atoms with Gasteiger partial charge in [0.05, 0.1) is 6.54 Å². The smallest absolute Gasteiger partial charge is 0.334 e. The van der Waals surface area contributed by atoms with E-state index in [9.17, 15) is 19.2 Å². The number of imide groups is 2. The number of benzene rings is 1. The summed E-state index contributed by atoms with van der Waals surface area (Å²) >= 11 is 0. The summed E-state index contributed by atoms with van der Waals surface area (Å²) < 4.78 is 4.98. The van der Waals surface area contributed by atoms with Gasteiger partial charge in [0.1, 0.15) is 12.2 Å². The van der Waals surface area contributed by atoms with Crippen molar-refractivity contribution in [2.45, 2.75) is 58.8 Å². The minimum atomic E-state index is -0.693. The van der Waals surface area contributed by atoms with Gasteiger partial charge in [-0.3, -0.25) is 19.4 Å². The lowest BCUT2D eigenvalue weighted by molar-refractivity contribution is -0.142. The highest BCUT2D eigenvalue weighted by atomic mass is 16.5. The summed E-state index contributed by atoms with van der Waals surface area (Å²) in [5.41, 5.74) is 2.87. The summed E-state index contributed by atoms with van der Waals surface area (Å²) in [5.74, 6) is -1.94. The fourth-order valence-corrected chi connectivity index (χ4v) is 4.71. The van der Waals surface area contributed by atoms with Crippen LogP contribution in [0.3, 0.4) is 0 Å².